The third-order valence-corrected chi connectivity index (χ3v) is 3.92. The molecule has 0 radical (unpaired) electrons. The quantitative estimate of drug-likeness (QED) is 0.745. The lowest BCUT2D eigenvalue weighted by Crippen LogP contribution is -2.37. The minimum absolute atomic E-state index is 0.297. The van der Waals surface area contributed by atoms with Gasteiger partial charge in [0.15, 0.2) is 5.82 Å². The highest BCUT2D eigenvalue weighted by atomic mass is 16.7. The number of anilines is 1. The van der Waals surface area contributed by atoms with E-state index in [4.69, 9.17) is 4.84 Å². The average Bonchev–Trinajstić information content (AvgIpc) is 3.24. The molecule has 1 fully saturated rings. The van der Waals surface area contributed by atoms with Gasteiger partial charge in [-0.25, -0.2) is 9.97 Å². The number of nitrogens with zero attached hydrogens (tertiary/aromatic N) is 5. The van der Waals surface area contributed by atoms with Crippen LogP contribution in [-0.4, -0.2) is 31.2 Å². The van der Waals surface area contributed by atoms with Crippen molar-refractivity contribution in [1.82, 2.24) is 25.1 Å². The van der Waals surface area contributed by atoms with Crippen LogP contribution in [0.1, 0.15) is 25.7 Å². The van der Waals surface area contributed by atoms with E-state index in [0.717, 1.165) is 29.6 Å². The van der Waals surface area contributed by atoms with Crippen LogP contribution in [0.15, 0.2) is 37.1 Å². The molecule has 4 rings (SSSR count). The van der Waals surface area contributed by atoms with E-state index in [1.54, 1.807) is 24.8 Å². The smallest absolute Gasteiger partial charge is 0.264 e. The Kier molecular flexibility index (Phi) is 3.30. The monoisotopic (exact) mass is 296 g/mol. The van der Waals surface area contributed by atoms with E-state index >= 15 is 0 Å². The Bertz CT molecular complexity index is 753. The van der Waals surface area contributed by atoms with E-state index in [1.165, 1.54) is 12.8 Å². The Morgan fingerprint density at radius 2 is 2.05 bits per heavy atom. The molecule has 3 aromatic heterocycles. The van der Waals surface area contributed by atoms with E-state index in [9.17, 15) is 0 Å². The second kappa shape index (κ2) is 5.59. The third-order valence-electron chi connectivity index (χ3n) is 3.92. The predicted octanol–water partition coefficient (Wildman–Crippen LogP) is 2.49. The normalized spacial score (nSPS) is 15.3. The molecular weight excluding hydrogens is 280 g/mol. The van der Waals surface area contributed by atoms with Crippen LogP contribution in [0.2, 0.25) is 0 Å². The molecule has 7 nitrogen and oxygen atoms in total. The maximum Gasteiger partial charge on any atom is 0.264 e. The summed E-state index contributed by atoms with van der Waals surface area (Å²) < 4.78 is 0. The van der Waals surface area contributed by atoms with Gasteiger partial charge >= 0.3 is 0 Å². The van der Waals surface area contributed by atoms with Crippen LogP contribution < -0.4 is 9.90 Å². The Morgan fingerprint density at radius 3 is 2.86 bits per heavy atom. The fourth-order valence-corrected chi connectivity index (χ4v) is 2.83. The zero-order valence-corrected chi connectivity index (χ0v) is 12.0. The summed E-state index contributed by atoms with van der Waals surface area (Å²) in [7, 11) is 0. The molecule has 3 heterocycles. The molecule has 1 aliphatic rings. The van der Waals surface area contributed by atoms with Crippen LogP contribution >= 0.6 is 0 Å². The molecule has 0 atom stereocenters. The predicted molar refractivity (Wildman–Crippen MR) is 81.3 cm³/mol. The number of aromatic amines is 1. The second-order valence-electron chi connectivity index (χ2n) is 5.39. The summed E-state index contributed by atoms with van der Waals surface area (Å²) in [6.07, 6.45) is 13.1. The fraction of sp³-hybridized carbons (Fsp3) is 0.333. The summed E-state index contributed by atoms with van der Waals surface area (Å²) in [6.45, 7) is 0. The highest BCUT2D eigenvalue weighted by Crippen LogP contribution is 2.29. The lowest BCUT2D eigenvalue weighted by Gasteiger charge is -2.28. The van der Waals surface area contributed by atoms with Crippen LogP contribution in [0.25, 0.3) is 10.9 Å². The molecule has 0 aliphatic heterocycles. The van der Waals surface area contributed by atoms with Crippen LogP contribution in [0.3, 0.4) is 0 Å². The van der Waals surface area contributed by atoms with Gasteiger partial charge in [-0.05, 0) is 12.8 Å². The van der Waals surface area contributed by atoms with Crippen molar-refractivity contribution in [2.75, 3.05) is 5.06 Å². The Morgan fingerprint density at radius 1 is 1.14 bits per heavy atom. The first-order valence-corrected chi connectivity index (χ1v) is 7.43. The van der Waals surface area contributed by atoms with E-state index in [-0.39, 0.29) is 0 Å². The maximum atomic E-state index is 5.97. The molecule has 1 N–H and O–H groups in total. The molecule has 1 aliphatic carbocycles. The minimum Gasteiger partial charge on any atom is -0.356 e. The SMILES string of the molecule is c1cnc(ON(c2cc3n[nH]cc3cn2)C2CCCC2)cn1. The van der Waals surface area contributed by atoms with Crippen LogP contribution in [-0.2, 0) is 0 Å². The molecule has 0 aromatic carbocycles. The Labute approximate surface area is 127 Å². The number of rotatable bonds is 4. The van der Waals surface area contributed by atoms with Crippen molar-refractivity contribution in [2.45, 2.75) is 31.7 Å². The molecule has 0 bridgehead atoms. The number of pyridine rings is 1. The van der Waals surface area contributed by atoms with Gasteiger partial charge in [0.25, 0.3) is 5.88 Å². The van der Waals surface area contributed by atoms with Gasteiger partial charge in [0.05, 0.1) is 17.8 Å². The van der Waals surface area contributed by atoms with E-state index in [2.05, 4.69) is 25.1 Å². The molecule has 3 aromatic rings. The van der Waals surface area contributed by atoms with Crippen LogP contribution in [0, 0.1) is 0 Å². The van der Waals surface area contributed by atoms with Gasteiger partial charge in [0, 0.05) is 36.2 Å². The molecule has 22 heavy (non-hydrogen) atoms. The number of H-pyrrole nitrogens is 1. The zero-order chi connectivity index (χ0) is 14.8. The van der Waals surface area contributed by atoms with Gasteiger partial charge in [0.1, 0.15) is 0 Å². The van der Waals surface area contributed by atoms with Crippen molar-refractivity contribution >= 4 is 16.7 Å². The van der Waals surface area contributed by atoms with Gasteiger partial charge in [-0.15, -0.1) is 0 Å². The van der Waals surface area contributed by atoms with Crippen LogP contribution in [0.4, 0.5) is 5.82 Å². The first-order valence-electron chi connectivity index (χ1n) is 7.43. The minimum atomic E-state index is 0.297. The number of fused-ring (bicyclic) bond motifs is 1. The van der Waals surface area contributed by atoms with Crippen molar-refractivity contribution in [3.63, 3.8) is 0 Å². The van der Waals surface area contributed by atoms with Gasteiger partial charge in [-0.3, -0.25) is 10.1 Å². The first kappa shape index (κ1) is 13.0. The van der Waals surface area contributed by atoms with Gasteiger partial charge in [-0.2, -0.15) is 10.2 Å². The first-order chi connectivity index (χ1) is 10.9. The molecule has 0 spiro atoms. The number of hydroxylamine groups is 1. The van der Waals surface area contributed by atoms with Crippen molar-refractivity contribution < 1.29 is 4.84 Å². The molecule has 112 valence electrons. The number of hydrogen-bond acceptors (Lipinski definition) is 6. The molecule has 0 saturated heterocycles. The molecule has 0 unspecified atom stereocenters. The molecular formula is C15H16N6O. The summed E-state index contributed by atoms with van der Waals surface area (Å²) in [5.41, 5.74) is 0.871. The number of aromatic nitrogens is 5. The third kappa shape index (κ3) is 2.45. The summed E-state index contributed by atoms with van der Waals surface area (Å²) in [6, 6.07) is 2.23. The van der Waals surface area contributed by atoms with Crippen molar-refractivity contribution in [3.8, 4) is 5.88 Å². The topological polar surface area (TPSA) is 79.8 Å². The van der Waals surface area contributed by atoms with Gasteiger partial charge in [0.2, 0.25) is 0 Å². The maximum absolute atomic E-state index is 5.97. The van der Waals surface area contributed by atoms with Crippen molar-refractivity contribution in [2.24, 2.45) is 0 Å². The zero-order valence-electron chi connectivity index (χ0n) is 12.0. The molecule has 7 heteroatoms. The summed E-state index contributed by atoms with van der Waals surface area (Å²) in [5.74, 6) is 1.22. The standard InChI is InChI=1S/C15H16N6O/c1-2-4-12(3-1)21(22-15-10-16-5-6-17-15)14-7-13-11(8-18-14)9-19-20-13/h5-10,12H,1-4H2,(H,19,20). The van der Waals surface area contributed by atoms with E-state index in [1.807, 2.05) is 17.3 Å². The van der Waals surface area contributed by atoms with Crippen molar-refractivity contribution in [3.05, 3.63) is 37.1 Å². The summed E-state index contributed by atoms with van der Waals surface area (Å²) in [4.78, 5) is 18.7. The summed E-state index contributed by atoms with van der Waals surface area (Å²) in [5, 5.41) is 9.91. The lowest BCUT2D eigenvalue weighted by atomic mass is 10.2. The van der Waals surface area contributed by atoms with E-state index in [0.29, 0.717) is 11.9 Å². The molecule has 1 saturated carbocycles. The van der Waals surface area contributed by atoms with Crippen molar-refractivity contribution in [1.29, 1.82) is 0 Å². The lowest BCUT2D eigenvalue weighted by molar-refractivity contribution is 0.228. The Balaban J connectivity index is 1.69. The molecule has 0 amide bonds. The Hall–Kier alpha value is -2.70. The number of nitrogens with one attached hydrogen (secondary N) is 1. The largest absolute Gasteiger partial charge is 0.356 e. The summed E-state index contributed by atoms with van der Waals surface area (Å²) >= 11 is 0. The van der Waals surface area contributed by atoms with E-state index < -0.39 is 0 Å². The highest BCUT2D eigenvalue weighted by molar-refractivity contribution is 5.79. The number of hydrogen-bond donors (Lipinski definition) is 1. The van der Waals surface area contributed by atoms with Gasteiger partial charge < -0.3 is 4.84 Å². The van der Waals surface area contributed by atoms with Gasteiger partial charge in [-0.1, -0.05) is 12.8 Å². The fourth-order valence-electron chi connectivity index (χ4n) is 2.83. The van der Waals surface area contributed by atoms with Crippen LogP contribution in [0.5, 0.6) is 5.88 Å². The highest BCUT2D eigenvalue weighted by Gasteiger charge is 2.26. The average molecular weight is 296 g/mol. The second-order valence-corrected chi connectivity index (χ2v) is 5.39.